The van der Waals surface area contributed by atoms with Gasteiger partial charge in [0, 0.05) is 44.0 Å². The Kier molecular flexibility index (Phi) is 7.31. The van der Waals surface area contributed by atoms with Gasteiger partial charge in [0.05, 0.1) is 17.3 Å². The van der Waals surface area contributed by atoms with Gasteiger partial charge in [-0.15, -0.1) is 0 Å². The second-order valence-corrected chi connectivity index (χ2v) is 11.1. The third kappa shape index (κ3) is 5.48. The summed E-state index contributed by atoms with van der Waals surface area (Å²) >= 11 is 0. The summed E-state index contributed by atoms with van der Waals surface area (Å²) in [6.45, 7) is 13.1. The highest BCUT2D eigenvalue weighted by Crippen LogP contribution is 2.38. The molecule has 2 aromatic carbocycles. The van der Waals surface area contributed by atoms with Crippen molar-refractivity contribution in [3.63, 3.8) is 0 Å². The highest BCUT2D eigenvalue weighted by atomic mass is 19.1. The van der Waals surface area contributed by atoms with Crippen molar-refractivity contribution in [2.45, 2.75) is 65.5 Å². The van der Waals surface area contributed by atoms with Crippen LogP contribution in [-0.2, 0) is 11.8 Å². The summed E-state index contributed by atoms with van der Waals surface area (Å²) in [4.78, 5) is 29.7. The molecule has 2 amide bonds. The van der Waals surface area contributed by atoms with E-state index in [2.05, 4.69) is 17.2 Å². The summed E-state index contributed by atoms with van der Waals surface area (Å²) in [6, 6.07) is 8.57. The maximum atomic E-state index is 14.4. The van der Waals surface area contributed by atoms with E-state index in [0.29, 0.717) is 30.8 Å². The predicted octanol–water partition coefficient (Wildman–Crippen LogP) is 5.97. The number of nitrogens with zero attached hydrogens (tertiary/aromatic N) is 4. The summed E-state index contributed by atoms with van der Waals surface area (Å²) in [5.41, 5.74) is 3.26. The van der Waals surface area contributed by atoms with Crippen LogP contribution in [0.15, 0.2) is 36.5 Å². The Morgan fingerprint density at radius 1 is 1.19 bits per heavy atom. The molecule has 37 heavy (non-hydrogen) atoms. The fourth-order valence-electron chi connectivity index (χ4n) is 5.08. The minimum absolute atomic E-state index is 0.0179. The number of hydrogen-bond acceptors (Lipinski definition) is 4. The number of aromatic nitrogens is 2. The lowest BCUT2D eigenvalue weighted by Crippen LogP contribution is -2.37. The number of hydrogen-bond donors (Lipinski definition) is 0. The van der Waals surface area contributed by atoms with Gasteiger partial charge in [0.2, 0.25) is 0 Å². The van der Waals surface area contributed by atoms with E-state index in [1.807, 2.05) is 48.6 Å². The Morgan fingerprint density at radius 3 is 2.57 bits per heavy atom. The summed E-state index contributed by atoms with van der Waals surface area (Å²) in [6.07, 6.45) is 2.28. The van der Waals surface area contributed by atoms with Gasteiger partial charge in [0.25, 0.3) is 5.91 Å². The number of rotatable bonds is 5. The van der Waals surface area contributed by atoms with Crippen LogP contribution in [0.2, 0.25) is 0 Å². The van der Waals surface area contributed by atoms with Gasteiger partial charge in [-0.3, -0.25) is 9.48 Å². The highest BCUT2D eigenvalue weighted by molar-refractivity contribution is 6.05. The molecule has 0 unspecified atom stereocenters. The molecule has 0 N–H and O–H groups in total. The molecule has 1 aromatic heterocycles. The molecular formula is C29H37FN4O3. The third-order valence-electron chi connectivity index (χ3n) is 6.93. The molecule has 1 saturated heterocycles. The van der Waals surface area contributed by atoms with Gasteiger partial charge < -0.3 is 14.5 Å². The van der Waals surface area contributed by atoms with Gasteiger partial charge in [-0.25, -0.2) is 9.18 Å². The van der Waals surface area contributed by atoms with Crippen LogP contribution in [0.4, 0.5) is 9.18 Å². The van der Waals surface area contributed by atoms with E-state index in [1.165, 1.54) is 12.1 Å². The number of benzene rings is 2. The fraction of sp³-hybridized carbons (Fsp3) is 0.483. The van der Waals surface area contributed by atoms with Crippen molar-refractivity contribution in [3.05, 3.63) is 53.5 Å². The van der Waals surface area contributed by atoms with E-state index in [-0.39, 0.29) is 24.0 Å². The van der Waals surface area contributed by atoms with Crippen LogP contribution in [0.1, 0.15) is 69.8 Å². The topological polar surface area (TPSA) is 67.7 Å². The van der Waals surface area contributed by atoms with Crippen LogP contribution in [0, 0.1) is 5.82 Å². The van der Waals surface area contributed by atoms with Crippen LogP contribution >= 0.6 is 0 Å². The Labute approximate surface area is 218 Å². The maximum absolute atomic E-state index is 14.4. The average Bonchev–Trinajstić information content (AvgIpc) is 3.45. The minimum Gasteiger partial charge on any atom is -0.444 e. The lowest BCUT2D eigenvalue weighted by molar-refractivity contribution is 0.0292. The molecule has 0 saturated carbocycles. The number of aryl methyl sites for hydroxylation is 1. The number of carbonyl (C=O) groups excluding carboxylic acids is 2. The van der Waals surface area contributed by atoms with Gasteiger partial charge in [-0.2, -0.15) is 5.10 Å². The number of likely N-dealkylation sites (tertiary alicyclic amines) is 1. The normalized spacial score (nSPS) is 16.0. The molecule has 3 aromatic rings. The van der Waals surface area contributed by atoms with Crippen molar-refractivity contribution in [1.29, 1.82) is 0 Å². The molecule has 2 heterocycles. The Morgan fingerprint density at radius 2 is 1.92 bits per heavy atom. The van der Waals surface area contributed by atoms with Gasteiger partial charge in [0.1, 0.15) is 11.4 Å². The number of carbonyl (C=O) groups is 2. The first kappa shape index (κ1) is 26.6. The molecule has 1 atom stereocenters. The summed E-state index contributed by atoms with van der Waals surface area (Å²) < 4.78 is 21.8. The number of ether oxygens (including phenoxy) is 1. The van der Waals surface area contributed by atoms with E-state index in [0.717, 1.165) is 28.5 Å². The van der Waals surface area contributed by atoms with E-state index in [1.54, 1.807) is 26.7 Å². The Balaban J connectivity index is 1.78. The second kappa shape index (κ2) is 10.1. The van der Waals surface area contributed by atoms with Crippen molar-refractivity contribution < 1.29 is 18.7 Å². The number of halogens is 1. The van der Waals surface area contributed by atoms with E-state index >= 15 is 0 Å². The largest absolute Gasteiger partial charge is 0.444 e. The van der Waals surface area contributed by atoms with Crippen LogP contribution in [0.25, 0.3) is 22.0 Å². The summed E-state index contributed by atoms with van der Waals surface area (Å²) in [5.74, 6) is -0.548. The second-order valence-electron chi connectivity index (χ2n) is 11.1. The standard InChI is InChI=1S/C29H37FN4O3/c1-8-34(18(2)3)27(35)24-15-21(30)9-10-22(24)23-13-20(14-26-25(23)16-31-32(26)7)19-11-12-33(17-19)28(36)37-29(4,5)6/h9-10,13-16,18-19H,8,11-12,17H2,1-7H3/t19-/m1/s1. The molecule has 1 aliphatic heterocycles. The van der Waals surface area contributed by atoms with Crippen molar-refractivity contribution in [3.8, 4) is 11.1 Å². The SMILES string of the molecule is CCN(C(=O)c1cc(F)ccc1-c1cc([C@@H]2CCN(C(=O)OC(C)(C)C)C2)cc2c1cnn2C)C(C)C. The molecule has 4 rings (SSSR count). The molecule has 0 spiro atoms. The highest BCUT2D eigenvalue weighted by Gasteiger charge is 2.32. The third-order valence-corrected chi connectivity index (χ3v) is 6.93. The quantitative estimate of drug-likeness (QED) is 0.426. The van der Waals surface area contributed by atoms with Crippen LogP contribution in [0.5, 0.6) is 0 Å². The molecule has 8 heteroatoms. The fourth-order valence-corrected chi connectivity index (χ4v) is 5.08. The average molecular weight is 509 g/mol. The summed E-state index contributed by atoms with van der Waals surface area (Å²) in [7, 11) is 1.88. The first-order chi connectivity index (χ1) is 17.4. The zero-order valence-electron chi connectivity index (χ0n) is 22.8. The maximum Gasteiger partial charge on any atom is 0.410 e. The summed E-state index contributed by atoms with van der Waals surface area (Å²) in [5, 5.41) is 5.36. The molecule has 0 aliphatic carbocycles. The van der Waals surface area contributed by atoms with Gasteiger partial charge in [0.15, 0.2) is 0 Å². The van der Waals surface area contributed by atoms with Crippen molar-refractivity contribution in [1.82, 2.24) is 19.6 Å². The lowest BCUT2D eigenvalue weighted by Gasteiger charge is -2.26. The van der Waals surface area contributed by atoms with Crippen molar-refractivity contribution in [2.75, 3.05) is 19.6 Å². The molecule has 0 bridgehead atoms. The van der Waals surface area contributed by atoms with E-state index in [9.17, 15) is 14.0 Å². The number of amides is 2. The first-order valence-corrected chi connectivity index (χ1v) is 12.9. The molecular weight excluding hydrogens is 471 g/mol. The molecule has 0 radical (unpaired) electrons. The van der Waals surface area contributed by atoms with E-state index < -0.39 is 11.4 Å². The van der Waals surface area contributed by atoms with Crippen molar-refractivity contribution >= 4 is 22.9 Å². The Hall–Kier alpha value is -3.42. The Bertz CT molecular complexity index is 1320. The first-order valence-electron chi connectivity index (χ1n) is 12.9. The predicted molar refractivity (Wildman–Crippen MR) is 143 cm³/mol. The van der Waals surface area contributed by atoms with E-state index in [4.69, 9.17) is 4.74 Å². The molecule has 198 valence electrons. The van der Waals surface area contributed by atoms with Crippen molar-refractivity contribution in [2.24, 2.45) is 7.05 Å². The minimum atomic E-state index is -0.552. The zero-order valence-corrected chi connectivity index (χ0v) is 22.8. The van der Waals surface area contributed by atoms with Gasteiger partial charge >= 0.3 is 6.09 Å². The van der Waals surface area contributed by atoms with Gasteiger partial charge in [-0.1, -0.05) is 6.07 Å². The molecule has 7 nitrogen and oxygen atoms in total. The van der Waals surface area contributed by atoms with Crippen LogP contribution < -0.4 is 0 Å². The lowest BCUT2D eigenvalue weighted by atomic mass is 9.90. The smallest absolute Gasteiger partial charge is 0.410 e. The molecule has 1 aliphatic rings. The van der Waals surface area contributed by atoms with Crippen LogP contribution in [0.3, 0.4) is 0 Å². The molecule has 1 fully saturated rings. The monoisotopic (exact) mass is 508 g/mol. The van der Waals surface area contributed by atoms with Gasteiger partial charge in [-0.05, 0) is 88.9 Å². The number of fused-ring (bicyclic) bond motifs is 1. The van der Waals surface area contributed by atoms with Crippen LogP contribution in [-0.4, -0.2) is 62.9 Å². The zero-order chi connectivity index (χ0) is 27.1.